The molecule has 1 aromatic heterocycles. The Morgan fingerprint density at radius 1 is 1.53 bits per heavy atom. The Balaban J connectivity index is 2.17. The predicted molar refractivity (Wildman–Crippen MR) is 64.5 cm³/mol. The van der Waals surface area contributed by atoms with E-state index in [1.807, 2.05) is 0 Å². The molecule has 1 saturated heterocycles. The Bertz CT molecular complexity index is 393. The second kappa shape index (κ2) is 4.50. The molecule has 2 nitrogen and oxygen atoms in total. The molecule has 0 bridgehead atoms. The average molecular weight is 285 g/mol. The van der Waals surface area contributed by atoms with Crippen LogP contribution in [0, 0.1) is 0 Å². The van der Waals surface area contributed by atoms with Gasteiger partial charge in [-0.1, -0.05) is 23.2 Å². The molecule has 2 heterocycles. The fourth-order valence-corrected chi connectivity index (χ4v) is 3.27. The molecule has 0 radical (unpaired) electrons. The van der Waals surface area contributed by atoms with E-state index >= 15 is 0 Å². The van der Waals surface area contributed by atoms with Crippen LogP contribution in [0.5, 0.6) is 0 Å². The predicted octanol–water partition coefficient (Wildman–Crippen LogP) is 3.51. The topological polar surface area (TPSA) is 20.3 Å². The summed E-state index contributed by atoms with van der Waals surface area (Å²) in [6, 6.07) is 1.61. The number of thiophene rings is 1. The van der Waals surface area contributed by atoms with E-state index in [0.29, 0.717) is 27.3 Å². The van der Waals surface area contributed by atoms with Gasteiger partial charge in [-0.15, -0.1) is 22.9 Å². The molecular weight excluding hydrogens is 277 g/mol. The van der Waals surface area contributed by atoms with Crippen molar-refractivity contribution in [2.75, 3.05) is 13.1 Å². The first-order valence-electron chi connectivity index (χ1n) is 4.46. The zero-order valence-electron chi connectivity index (χ0n) is 7.67. The fraction of sp³-hybridized carbons (Fsp3) is 0.444. The molecule has 1 fully saturated rings. The van der Waals surface area contributed by atoms with E-state index in [1.165, 1.54) is 11.3 Å². The van der Waals surface area contributed by atoms with Gasteiger partial charge in [0, 0.05) is 13.1 Å². The van der Waals surface area contributed by atoms with Crippen LogP contribution in [0.2, 0.25) is 8.67 Å². The van der Waals surface area contributed by atoms with Gasteiger partial charge in [0.25, 0.3) is 5.91 Å². The molecule has 15 heavy (non-hydrogen) atoms. The molecule has 0 spiro atoms. The lowest BCUT2D eigenvalue weighted by Crippen LogP contribution is -2.28. The molecule has 1 aromatic rings. The smallest absolute Gasteiger partial charge is 0.256 e. The molecule has 0 saturated carbocycles. The molecule has 0 N–H and O–H groups in total. The first kappa shape index (κ1) is 11.5. The molecular formula is C9H8Cl3NOS. The maximum atomic E-state index is 12.0. The van der Waals surface area contributed by atoms with Gasteiger partial charge in [0.1, 0.15) is 4.34 Å². The number of likely N-dealkylation sites (tertiary alicyclic amines) is 1. The van der Waals surface area contributed by atoms with Crippen molar-refractivity contribution < 1.29 is 4.79 Å². The average Bonchev–Trinajstić information content (AvgIpc) is 2.71. The van der Waals surface area contributed by atoms with E-state index in [9.17, 15) is 4.79 Å². The third-order valence-corrected chi connectivity index (χ3v) is 4.15. The Morgan fingerprint density at radius 2 is 2.27 bits per heavy atom. The van der Waals surface area contributed by atoms with E-state index in [4.69, 9.17) is 34.8 Å². The standard InChI is InChI=1S/C9H8Cl3NOS/c10-5-1-2-13(4-5)9(14)6-3-7(11)15-8(6)12/h3,5H,1-2,4H2. The van der Waals surface area contributed by atoms with Crippen LogP contribution < -0.4 is 0 Å². The summed E-state index contributed by atoms with van der Waals surface area (Å²) < 4.78 is 0.980. The quantitative estimate of drug-likeness (QED) is 0.723. The van der Waals surface area contributed by atoms with Gasteiger partial charge in [0.15, 0.2) is 0 Å². The number of nitrogens with zero attached hydrogens (tertiary/aromatic N) is 1. The SMILES string of the molecule is O=C(c1cc(Cl)sc1Cl)N1CCC(Cl)C1. The highest BCUT2D eigenvalue weighted by Gasteiger charge is 2.27. The van der Waals surface area contributed by atoms with Gasteiger partial charge in [-0.2, -0.15) is 0 Å². The van der Waals surface area contributed by atoms with Gasteiger partial charge in [0.2, 0.25) is 0 Å². The number of hydrogen-bond donors (Lipinski definition) is 0. The van der Waals surface area contributed by atoms with E-state index in [1.54, 1.807) is 11.0 Å². The van der Waals surface area contributed by atoms with Gasteiger partial charge in [-0.3, -0.25) is 4.79 Å². The van der Waals surface area contributed by atoms with Gasteiger partial charge in [0.05, 0.1) is 15.3 Å². The van der Waals surface area contributed by atoms with Gasteiger partial charge in [-0.05, 0) is 12.5 Å². The number of halogens is 3. The summed E-state index contributed by atoms with van der Waals surface area (Å²) in [5, 5.41) is 0.0573. The normalized spacial score (nSPS) is 21.0. The number of hydrogen-bond acceptors (Lipinski definition) is 2. The third kappa shape index (κ3) is 2.41. The Hall–Kier alpha value is 0.0400. The molecule has 1 unspecified atom stereocenters. The molecule has 1 aliphatic rings. The molecule has 6 heteroatoms. The summed E-state index contributed by atoms with van der Waals surface area (Å²) in [5.41, 5.74) is 0.484. The number of carbonyl (C=O) groups excluding carboxylic acids is 1. The minimum atomic E-state index is -0.0775. The Labute approximate surface area is 107 Å². The first-order valence-corrected chi connectivity index (χ1v) is 6.47. The second-order valence-electron chi connectivity index (χ2n) is 3.38. The van der Waals surface area contributed by atoms with Crippen molar-refractivity contribution in [3.8, 4) is 0 Å². The molecule has 0 aromatic carbocycles. The molecule has 2 rings (SSSR count). The van der Waals surface area contributed by atoms with Crippen LogP contribution in [-0.4, -0.2) is 29.3 Å². The maximum absolute atomic E-state index is 12.0. The Morgan fingerprint density at radius 3 is 2.73 bits per heavy atom. The summed E-state index contributed by atoms with van der Waals surface area (Å²) in [4.78, 5) is 13.7. The highest BCUT2D eigenvalue weighted by atomic mass is 35.5. The maximum Gasteiger partial charge on any atom is 0.256 e. The van der Waals surface area contributed by atoms with Crippen molar-refractivity contribution in [1.29, 1.82) is 0 Å². The zero-order valence-corrected chi connectivity index (χ0v) is 10.8. The lowest BCUT2D eigenvalue weighted by molar-refractivity contribution is 0.0794. The summed E-state index contributed by atoms with van der Waals surface area (Å²) in [5.74, 6) is -0.0775. The van der Waals surface area contributed by atoms with Crippen molar-refractivity contribution >= 4 is 52.0 Å². The summed E-state index contributed by atoms with van der Waals surface area (Å²) >= 11 is 18.8. The van der Waals surface area contributed by atoms with E-state index in [2.05, 4.69) is 0 Å². The highest BCUT2D eigenvalue weighted by molar-refractivity contribution is 7.20. The number of alkyl halides is 1. The highest BCUT2D eigenvalue weighted by Crippen LogP contribution is 2.32. The van der Waals surface area contributed by atoms with Crippen LogP contribution in [0.25, 0.3) is 0 Å². The molecule has 82 valence electrons. The van der Waals surface area contributed by atoms with E-state index in [0.717, 1.165) is 6.42 Å². The summed E-state index contributed by atoms with van der Waals surface area (Å²) in [6.07, 6.45) is 0.836. The zero-order chi connectivity index (χ0) is 11.0. The summed E-state index contributed by atoms with van der Waals surface area (Å²) in [6.45, 7) is 1.28. The molecule has 1 aliphatic heterocycles. The fourth-order valence-electron chi connectivity index (χ4n) is 1.56. The monoisotopic (exact) mass is 283 g/mol. The van der Waals surface area contributed by atoms with Gasteiger partial charge in [-0.25, -0.2) is 0 Å². The third-order valence-electron chi connectivity index (χ3n) is 2.31. The second-order valence-corrected chi connectivity index (χ2v) is 6.28. The van der Waals surface area contributed by atoms with Crippen LogP contribution in [0.1, 0.15) is 16.8 Å². The van der Waals surface area contributed by atoms with Crippen LogP contribution in [0.3, 0.4) is 0 Å². The number of rotatable bonds is 1. The van der Waals surface area contributed by atoms with Crippen molar-refractivity contribution in [3.63, 3.8) is 0 Å². The Kier molecular flexibility index (Phi) is 3.45. The molecule has 1 amide bonds. The number of carbonyl (C=O) groups is 1. The van der Waals surface area contributed by atoms with Crippen molar-refractivity contribution in [2.24, 2.45) is 0 Å². The molecule has 0 aliphatic carbocycles. The summed E-state index contributed by atoms with van der Waals surface area (Å²) in [7, 11) is 0. The number of amides is 1. The van der Waals surface area contributed by atoms with Crippen molar-refractivity contribution in [3.05, 3.63) is 20.3 Å². The lowest BCUT2D eigenvalue weighted by Gasteiger charge is -2.14. The first-order chi connectivity index (χ1) is 7.08. The minimum Gasteiger partial charge on any atom is -0.337 e. The van der Waals surface area contributed by atoms with Crippen LogP contribution in [0.4, 0.5) is 0 Å². The molecule has 1 atom stereocenters. The van der Waals surface area contributed by atoms with Gasteiger partial charge >= 0.3 is 0 Å². The van der Waals surface area contributed by atoms with Crippen LogP contribution in [-0.2, 0) is 0 Å². The van der Waals surface area contributed by atoms with Crippen LogP contribution >= 0.6 is 46.1 Å². The largest absolute Gasteiger partial charge is 0.337 e. The van der Waals surface area contributed by atoms with E-state index in [-0.39, 0.29) is 11.3 Å². The van der Waals surface area contributed by atoms with Crippen molar-refractivity contribution in [2.45, 2.75) is 11.8 Å². The van der Waals surface area contributed by atoms with E-state index < -0.39 is 0 Å². The lowest BCUT2D eigenvalue weighted by atomic mass is 10.3. The minimum absolute atomic E-state index is 0.0573. The van der Waals surface area contributed by atoms with Crippen LogP contribution in [0.15, 0.2) is 6.07 Å². The van der Waals surface area contributed by atoms with Crippen molar-refractivity contribution in [1.82, 2.24) is 4.90 Å². The van der Waals surface area contributed by atoms with Gasteiger partial charge < -0.3 is 4.90 Å².